The van der Waals surface area contributed by atoms with Crippen molar-refractivity contribution in [2.75, 3.05) is 6.54 Å². The number of rotatable bonds is 7. The highest BCUT2D eigenvalue weighted by molar-refractivity contribution is 5.72. The number of nitrogens with one attached hydrogen (secondary N) is 1. The van der Waals surface area contributed by atoms with Gasteiger partial charge in [0.2, 0.25) is 5.91 Å². The Kier molecular flexibility index (Phi) is 7.04. The maximum Gasteiger partial charge on any atom is 0.216 e. The number of aliphatic hydroxyl groups excluding tert-OH is 2. The number of aliphatic hydroxyl groups is 2. The molecule has 22 heavy (non-hydrogen) atoms. The van der Waals surface area contributed by atoms with E-state index >= 15 is 0 Å². The van der Waals surface area contributed by atoms with Crippen molar-refractivity contribution in [3.63, 3.8) is 0 Å². The van der Waals surface area contributed by atoms with Crippen LogP contribution in [0.2, 0.25) is 0 Å². The second kappa shape index (κ2) is 8.30. The molecule has 2 unspecified atom stereocenters. The lowest BCUT2D eigenvalue weighted by atomic mass is 9.84. The molecule has 0 spiro atoms. The summed E-state index contributed by atoms with van der Waals surface area (Å²) in [7, 11) is 0. The third-order valence-electron chi connectivity index (χ3n) is 3.89. The van der Waals surface area contributed by atoms with Crippen LogP contribution in [0.1, 0.15) is 75.7 Å². The van der Waals surface area contributed by atoms with E-state index in [-0.39, 0.29) is 17.7 Å². The van der Waals surface area contributed by atoms with Crippen LogP contribution in [0, 0.1) is 0 Å². The quantitative estimate of drug-likeness (QED) is 0.725. The highest BCUT2D eigenvalue weighted by Gasteiger charge is 2.25. The van der Waals surface area contributed by atoms with Gasteiger partial charge in [0.15, 0.2) is 0 Å². The first-order chi connectivity index (χ1) is 10.3. The molecule has 0 saturated carbocycles. The molecule has 0 heterocycles. The fourth-order valence-corrected chi connectivity index (χ4v) is 2.70. The fraction of sp³-hybridized carbons (Fsp3) is 0.611. The maximum atomic E-state index is 10.9. The molecule has 0 aromatic heterocycles. The first-order valence-electron chi connectivity index (χ1n) is 7.99. The highest BCUT2D eigenvalue weighted by Crippen LogP contribution is 2.34. The van der Waals surface area contributed by atoms with Crippen molar-refractivity contribution in [1.29, 1.82) is 0 Å². The van der Waals surface area contributed by atoms with Gasteiger partial charge in [0.1, 0.15) is 6.10 Å². The van der Waals surface area contributed by atoms with Gasteiger partial charge in [-0.05, 0) is 34.9 Å². The summed E-state index contributed by atoms with van der Waals surface area (Å²) in [4.78, 5) is 10.9. The number of benzene rings is 1. The SMILES string of the molecule is CC(=O)NCCC(O)C(O)c1c(C(C)C)cccc1C(C)C. The van der Waals surface area contributed by atoms with Crippen LogP contribution in [-0.4, -0.2) is 28.8 Å². The lowest BCUT2D eigenvalue weighted by Gasteiger charge is -2.26. The van der Waals surface area contributed by atoms with Gasteiger partial charge < -0.3 is 15.5 Å². The number of hydrogen-bond donors (Lipinski definition) is 3. The zero-order chi connectivity index (χ0) is 16.9. The minimum Gasteiger partial charge on any atom is -0.390 e. The number of hydrogen-bond acceptors (Lipinski definition) is 3. The number of carbonyl (C=O) groups excluding carboxylic acids is 1. The molecule has 1 rings (SSSR count). The molecule has 3 N–H and O–H groups in total. The van der Waals surface area contributed by atoms with Crippen LogP contribution in [0.15, 0.2) is 18.2 Å². The third kappa shape index (κ3) is 4.82. The summed E-state index contributed by atoms with van der Waals surface area (Å²) in [6.07, 6.45) is -1.51. The van der Waals surface area contributed by atoms with Crippen molar-refractivity contribution >= 4 is 5.91 Å². The smallest absolute Gasteiger partial charge is 0.216 e. The van der Waals surface area contributed by atoms with Crippen molar-refractivity contribution in [2.24, 2.45) is 0 Å². The molecule has 0 aliphatic carbocycles. The Labute approximate surface area is 133 Å². The largest absolute Gasteiger partial charge is 0.390 e. The summed E-state index contributed by atoms with van der Waals surface area (Å²) in [5, 5.41) is 23.6. The molecule has 0 fully saturated rings. The Morgan fingerprint density at radius 3 is 2.00 bits per heavy atom. The van der Waals surface area contributed by atoms with Gasteiger partial charge in [-0.2, -0.15) is 0 Å². The molecule has 0 aliphatic rings. The Morgan fingerprint density at radius 2 is 1.59 bits per heavy atom. The molecule has 1 aromatic rings. The van der Waals surface area contributed by atoms with E-state index in [4.69, 9.17) is 0 Å². The first kappa shape index (κ1) is 18.7. The van der Waals surface area contributed by atoms with Crippen LogP contribution >= 0.6 is 0 Å². The second-order valence-corrected chi connectivity index (χ2v) is 6.44. The molecule has 1 amide bonds. The topological polar surface area (TPSA) is 69.6 Å². The minimum atomic E-state index is -0.940. The molecular formula is C18H29NO3. The summed E-state index contributed by atoms with van der Waals surface area (Å²) in [6, 6.07) is 6.02. The summed E-state index contributed by atoms with van der Waals surface area (Å²) < 4.78 is 0. The van der Waals surface area contributed by atoms with E-state index < -0.39 is 12.2 Å². The molecule has 124 valence electrons. The Morgan fingerprint density at radius 1 is 1.09 bits per heavy atom. The second-order valence-electron chi connectivity index (χ2n) is 6.44. The van der Waals surface area contributed by atoms with Crippen LogP contribution in [-0.2, 0) is 4.79 Å². The molecular weight excluding hydrogens is 278 g/mol. The summed E-state index contributed by atoms with van der Waals surface area (Å²) in [5.41, 5.74) is 2.97. The van der Waals surface area contributed by atoms with Gasteiger partial charge in [0.25, 0.3) is 0 Å². The Hall–Kier alpha value is -1.39. The van der Waals surface area contributed by atoms with Gasteiger partial charge in [0, 0.05) is 13.5 Å². The predicted octanol–water partition coefficient (Wildman–Crippen LogP) is 2.85. The standard InChI is InChI=1S/C18H29NO3/c1-11(2)14-7-6-8-15(12(3)4)17(14)18(22)16(21)9-10-19-13(5)20/h6-8,11-12,16,18,21-22H,9-10H2,1-5H3,(H,19,20). The number of amides is 1. The summed E-state index contributed by atoms with van der Waals surface area (Å²) >= 11 is 0. The van der Waals surface area contributed by atoms with Crippen molar-refractivity contribution in [3.8, 4) is 0 Å². The van der Waals surface area contributed by atoms with E-state index in [2.05, 4.69) is 33.0 Å². The zero-order valence-corrected chi connectivity index (χ0v) is 14.3. The average molecular weight is 307 g/mol. The molecule has 4 nitrogen and oxygen atoms in total. The van der Waals surface area contributed by atoms with E-state index in [1.54, 1.807) is 0 Å². The van der Waals surface area contributed by atoms with E-state index in [0.717, 1.165) is 16.7 Å². The minimum absolute atomic E-state index is 0.132. The van der Waals surface area contributed by atoms with Gasteiger partial charge in [-0.15, -0.1) is 0 Å². The van der Waals surface area contributed by atoms with Crippen LogP contribution in [0.3, 0.4) is 0 Å². The molecule has 0 aliphatic heterocycles. The summed E-state index contributed by atoms with van der Waals surface area (Å²) in [5.74, 6) is 0.406. The molecule has 0 radical (unpaired) electrons. The van der Waals surface area contributed by atoms with E-state index in [1.165, 1.54) is 6.92 Å². The average Bonchev–Trinajstić information content (AvgIpc) is 2.44. The van der Waals surface area contributed by atoms with Crippen molar-refractivity contribution < 1.29 is 15.0 Å². The number of carbonyl (C=O) groups is 1. The monoisotopic (exact) mass is 307 g/mol. The van der Waals surface area contributed by atoms with Gasteiger partial charge in [-0.25, -0.2) is 0 Å². The van der Waals surface area contributed by atoms with Crippen LogP contribution in [0.4, 0.5) is 0 Å². The van der Waals surface area contributed by atoms with Gasteiger partial charge in [-0.3, -0.25) is 4.79 Å². The predicted molar refractivity (Wildman–Crippen MR) is 88.9 cm³/mol. The third-order valence-corrected chi connectivity index (χ3v) is 3.89. The highest BCUT2D eigenvalue weighted by atomic mass is 16.3. The van der Waals surface area contributed by atoms with E-state index in [9.17, 15) is 15.0 Å². The normalized spacial score (nSPS) is 14.2. The van der Waals surface area contributed by atoms with Crippen molar-refractivity contribution in [2.45, 2.75) is 65.1 Å². The van der Waals surface area contributed by atoms with Crippen molar-refractivity contribution in [3.05, 3.63) is 34.9 Å². The first-order valence-corrected chi connectivity index (χ1v) is 7.99. The molecule has 1 aromatic carbocycles. The maximum absolute atomic E-state index is 10.9. The van der Waals surface area contributed by atoms with E-state index in [0.29, 0.717) is 13.0 Å². The summed E-state index contributed by atoms with van der Waals surface area (Å²) in [6.45, 7) is 10.1. The Bertz CT molecular complexity index is 471. The Balaban J connectivity index is 3.03. The van der Waals surface area contributed by atoms with Gasteiger partial charge in [0.05, 0.1) is 6.10 Å². The molecule has 0 saturated heterocycles. The fourth-order valence-electron chi connectivity index (χ4n) is 2.70. The van der Waals surface area contributed by atoms with Crippen LogP contribution in [0.25, 0.3) is 0 Å². The van der Waals surface area contributed by atoms with Crippen molar-refractivity contribution in [1.82, 2.24) is 5.32 Å². The molecule has 4 heteroatoms. The zero-order valence-electron chi connectivity index (χ0n) is 14.3. The molecule has 2 atom stereocenters. The van der Waals surface area contributed by atoms with E-state index in [1.807, 2.05) is 18.2 Å². The molecule has 0 bridgehead atoms. The lowest BCUT2D eigenvalue weighted by Crippen LogP contribution is -2.28. The van der Waals surface area contributed by atoms with Gasteiger partial charge >= 0.3 is 0 Å². The van der Waals surface area contributed by atoms with Crippen LogP contribution in [0.5, 0.6) is 0 Å². The lowest BCUT2D eigenvalue weighted by molar-refractivity contribution is -0.119. The van der Waals surface area contributed by atoms with Gasteiger partial charge in [-0.1, -0.05) is 45.9 Å². The van der Waals surface area contributed by atoms with Crippen LogP contribution < -0.4 is 5.32 Å².